The number of fused-ring (bicyclic) bond motifs is 13. The monoisotopic (exact) mass is 780 g/mol. The zero-order chi connectivity index (χ0) is 39.4. The van der Waals surface area contributed by atoms with E-state index < -0.39 is 13.5 Å². The number of para-hydroxylation sites is 2. The van der Waals surface area contributed by atoms with Crippen LogP contribution in [0.5, 0.6) is 5.75 Å². The summed E-state index contributed by atoms with van der Waals surface area (Å²) in [6.45, 7) is 0. The summed E-state index contributed by atoms with van der Waals surface area (Å²) >= 11 is 0. The van der Waals surface area contributed by atoms with Gasteiger partial charge in [0.1, 0.15) is 28.3 Å². The summed E-state index contributed by atoms with van der Waals surface area (Å²) < 4.78 is 15.0. The Bertz CT molecular complexity index is 3360. The first kappa shape index (κ1) is 33.5. The van der Waals surface area contributed by atoms with Crippen LogP contribution >= 0.6 is 0 Å². The number of benzene rings is 9. The van der Waals surface area contributed by atoms with Gasteiger partial charge in [0.25, 0.3) is 0 Å². The first-order valence-electron chi connectivity index (χ1n) is 20.8. The van der Waals surface area contributed by atoms with Crippen LogP contribution in [0.4, 0.5) is 0 Å². The van der Waals surface area contributed by atoms with Crippen LogP contribution in [0.1, 0.15) is 22.5 Å². The molecule has 3 heteroatoms. The molecule has 10 aromatic rings. The van der Waals surface area contributed by atoms with Crippen molar-refractivity contribution < 1.29 is 9.15 Å². The van der Waals surface area contributed by atoms with Gasteiger partial charge in [-0.15, -0.1) is 0 Å². The van der Waals surface area contributed by atoms with E-state index in [1.807, 2.05) is 0 Å². The lowest BCUT2D eigenvalue weighted by atomic mass is 9.76. The minimum Gasteiger partial charge on any atom is -0.460 e. The van der Waals surface area contributed by atoms with Crippen molar-refractivity contribution in [3.05, 3.63) is 247 Å². The number of allylic oxidation sites excluding steroid dienone is 1. The molecule has 9 aromatic carbocycles. The number of hydrogen-bond acceptors (Lipinski definition) is 2. The first-order valence-corrected chi connectivity index (χ1v) is 22.8. The number of hydrogen-bond donors (Lipinski definition) is 0. The Balaban J connectivity index is 1.20. The highest BCUT2D eigenvalue weighted by molar-refractivity contribution is 7.23. The predicted molar refractivity (Wildman–Crippen MR) is 248 cm³/mol. The fourth-order valence-electron chi connectivity index (χ4n) is 11.1. The van der Waals surface area contributed by atoms with Crippen LogP contribution in [-0.4, -0.2) is 8.07 Å². The van der Waals surface area contributed by atoms with Gasteiger partial charge in [0, 0.05) is 16.1 Å². The van der Waals surface area contributed by atoms with Crippen molar-refractivity contribution >= 4 is 50.6 Å². The normalized spacial score (nSPS) is 16.6. The van der Waals surface area contributed by atoms with Gasteiger partial charge in [0.2, 0.25) is 0 Å². The van der Waals surface area contributed by atoms with Crippen molar-refractivity contribution in [3.8, 4) is 39.1 Å². The molecule has 0 saturated heterocycles. The van der Waals surface area contributed by atoms with E-state index in [4.69, 9.17) is 9.15 Å². The Hall–Kier alpha value is -7.46. The molecule has 280 valence electrons. The summed E-state index contributed by atoms with van der Waals surface area (Å²) in [7, 11) is -3.11. The van der Waals surface area contributed by atoms with Crippen molar-refractivity contribution in [2.24, 2.45) is 0 Å². The average molecular weight is 781 g/mol. The van der Waals surface area contributed by atoms with E-state index >= 15 is 0 Å². The van der Waals surface area contributed by atoms with Crippen LogP contribution in [0.15, 0.2) is 229 Å². The third-order valence-corrected chi connectivity index (χ3v) is 18.2. The van der Waals surface area contributed by atoms with Crippen LogP contribution in [0, 0.1) is 0 Å². The Morgan fingerprint density at radius 3 is 1.83 bits per heavy atom. The van der Waals surface area contributed by atoms with Crippen LogP contribution in [0.2, 0.25) is 0 Å². The smallest absolute Gasteiger partial charge is 0.188 e. The molecule has 1 atom stereocenters. The lowest BCUT2D eigenvalue weighted by Gasteiger charge is -2.41. The van der Waals surface area contributed by atoms with E-state index in [1.54, 1.807) is 0 Å². The van der Waals surface area contributed by atoms with Gasteiger partial charge in [-0.05, 0) is 95.1 Å². The largest absolute Gasteiger partial charge is 0.460 e. The maximum Gasteiger partial charge on any atom is 0.188 e. The second-order valence-corrected chi connectivity index (χ2v) is 19.9. The molecule has 0 fully saturated rings. The van der Waals surface area contributed by atoms with Gasteiger partial charge in [0.05, 0.1) is 0 Å². The van der Waals surface area contributed by atoms with Gasteiger partial charge in [-0.1, -0.05) is 194 Å². The molecule has 2 nitrogen and oxygen atoms in total. The van der Waals surface area contributed by atoms with Crippen LogP contribution in [0.25, 0.3) is 60.3 Å². The fourth-order valence-corrected chi connectivity index (χ4v) is 16.3. The van der Waals surface area contributed by atoms with Gasteiger partial charge >= 0.3 is 0 Å². The maximum atomic E-state index is 7.63. The first-order chi connectivity index (χ1) is 29.8. The zero-order valence-electron chi connectivity index (χ0n) is 32.6. The highest BCUT2D eigenvalue weighted by atomic mass is 28.3. The number of furan rings is 1. The Labute approximate surface area is 349 Å². The molecule has 1 unspecified atom stereocenters. The molecular weight excluding hydrogens is 745 g/mol. The quantitative estimate of drug-likeness (QED) is 0.166. The molecule has 0 radical (unpaired) electrons. The molecule has 13 rings (SSSR count). The predicted octanol–water partition coefficient (Wildman–Crippen LogP) is 12.1. The summed E-state index contributed by atoms with van der Waals surface area (Å²) in [5.74, 6) is 2.82. The second-order valence-electron chi connectivity index (χ2n) is 16.2. The number of rotatable bonds is 4. The molecule has 1 aliphatic heterocycles. The third kappa shape index (κ3) is 4.26. The van der Waals surface area contributed by atoms with Crippen molar-refractivity contribution in [1.29, 1.82) is 0 Å². The molecule has 0 N–H and O–H groups in total. The zero-order valence-corrected chi connectivity index (χ0v) is 33.6. The van der Waals surface area contributed by atoms with Gasteiger partial charge in [-0.25, -0.2) is 0 Å². The lowest BCUT2D eigenvalue weighted by molar-refractivity contribution is 0.351. The van der Waals surface area contributed by atoms with E-state index in [0.717, 1.165) is 28.2 Å². The van der Waals surface area contributed by atoms with Gasteiger partial charge in [0.15, 0.2) is 8.07 Å². The molecule has 0 amide bonds. The standard InChI is InChI=1S/C57H36O2Si/c1-4-19-37(20-5-1)46-36-39(35-38-21-10-11-26-42(38)46)43-29-18-31-48-52(43)44-27-12-14-30-47(44)57(48)55-53(45-28-13-15-32-49(45)58-55)54-56(57)59-50-33-16-17-34-51(50)60(54,40-22-6-2-7-23-40)41-24-8-3-9-25-41/h1-36H. The molecule has 60 heavy (non-hydrogen) atoms. The van der Waals surface area contributed by atoms with E-state index in [-0.39, 0.29) is 0 Å². The van der Waals surface area contributed by atoms with E-state index in [1.165, 1.54) is 81.6 Å². The Kier molecular flexibility index (Phi) is 6.99. The molecule has 3 aliphatic rings. The lowest BCUT2D eigenvalue weighted by Crippen LogP contribution is -2.69. The molecule has 2 heterocycles. The van der Waals surface area contributed by atoms with Crippen LogP contribution in [-0.2, 0) is 5.41 Å². The highest BCUT2D eigenvalue weighted by Gasteiger charge is 2.65. The minimum atomic E-state index is -3.11. The van der Waals surface area contributed by atoms with Crippen LogP contribution < -0.4 is 20.3 Å². The average Bonchev–Trinajstić information content (AvgIpc) is 3.95. The van der Waals surface area contributed by atoms with Crippen LogP contribution in [0.3, 0.4) is 0 Å². The number of ether oxygens (including phenoxy) is 1. The Morgan fingerprint density at radius 1 is 0.417 bits per heavy atom. The van der Waals surface area contributed by atoms with Gasteiger partial charge in [-0.3, -0.25) is 0 Å². The van der Waals surface area contributed by atoms with Crippen molar-refractivity contribution in [2.75, 3.05) is 0 Å². The summed E-state index contributed by atoms with van der Waals surface area (Å²) in [6, 6.07) is 80.0. The summed E-state index contributed by atoms with van der Waals surface area (Å²) in [6.07, 6.45) is 0. The van der Waals surface area contributed by atoms with E-state index in [9.17, 15) is 0 Å². The van der Waals surface area contributed by atoms with Gasteiger partial charge < -0.3 is 9.15 Å². The second kappa shape index (κ2) is 12.5. The molecular formula is C57H36O2Si. The van der Waals surface area contributed by atoms with Gasteiger partial charge in [-0.2, -0.15) is 0 Å². The third-order valence-electron chi connectivity index (χ3n) is 13.4. The molecule has 0 bridgehead atoms. The van der Waals surface area contributed by atoms with E-state index in [0.29, 0.717) is 0 Å². The van der Waals surface area contributed by atoms with Crippen molar-refractivity contribution in [3.63, 3.8) is 0 Å². The summed E-state index contributed by atoms with van der Waals surface area (Å²) in [5, 5.41) is 8.73. The molecule has 2 aliphatic carbocycles. The topological polar surface area (TPSA) is 22.4 Å². The minimum absolute atomic E-state index is 0.861. The van der Waals surface area contributed by atoms with E-state index in [2.05, 4.69) is 218 Å². The fraction of sp³-hybridized carbons (Fsp3) is 0.0175. The maximum absolute atomic E-state index is 7.63. The van der Waals surface area contributed by atoms with Crippen molar-refractivity contribution in [1.82, 2.24) is 0 Å². The summed E-state index contributed by atoms with van der Waals surface area (Å²) in [4.78, 5) is 0. The summed E-state index contributed by atoms with van der Waals surface area (Å²) in [5.41, 5.74) is 10.8. The highest BCUT2D eigenvalue weighted by Crippen LogP contribution is 2.66. The molecule has 0 saturated carbocycles. The Morgan fingerprint density at radius 2 is 1.03 bits per heavy atom. The SMILES string of the molecule is c1ccc(-c2cc(-c3cccc4c3-c3ccccc3C43C4=C(c5c3oc3ccccc53)[Si](c3ccccc3)(c3ccccc3)c3ccccc3O4)cc3ccccc23)cc1. The molecule has 1 spiro atoms. The van der Waals surface area contributed by atoms with Crippen molar-refractivity contribution in [2.45, 2.75) is 5.41 Å². The molecule has 1 aromatic heterocycles.